The monoisotopic (exact) mass is 436 g/mol. The standard InChI is InChI=1S/C25H36N6O/c26-29-21-20(19-11-7-4-8-12-19)25(23(32)22(21)30-27)15-13-24(31-28,14-16-25)17-18-9-5-2-1-3-6-10-18/h4,7-8,11-12,18,20-22,26-28H,1-3,5-6,9-10,13-17H2. The van der Waals surface area contributed by atoms with Crippen molar-refractivity contribution in [1.82, 2.24) is 0 Å². The average Bonchev–Trinajstić information content (AvgIpc) is 3.05. The minimum atomic E-state index is -0.872. The highest BCUT2D eigenvalue weighted by molar-refractivity contribution is 5.95. The van der Waals surface area contributed by atoms with E-state index in [0.29, 0.717) is 18.8 Å². The van der Waals surface area contributed by atoms with E-state index >= 15 is 0 Å². The number of Topliss-reactive ketones (excluding diaryl/α,β-unsaturated/α-hetero) is 1. The van der Waals surface area contributed by atoms with Gasteiger partial charge in [-0.2, -0.15) is 15.3 Å². The lowest BCUT2D eigenvalue weighted by molar-refractivity contribution is -0.130. The molecular weight excluding hydrogens is 400 g/mol. The third kappa shape index (κ3) is 4.06. The molecule has 7 heteroatoms. The Morgan fingerprint density at radius 3 is 2.03 bits per heavy atom. The molecule has 3 aliphatic rings. The van der Waals surface area contributed by atoms with Gasteiger partial charge in [0.15, 0.2) is 11.8 Å². The number of hydrogen-bond acceptors (Lipinski definition) is 7. The van der Waals surface area contributed by atoms with Crippen LogP contribution < -0.4 is 0 Å². The minimum Gasteiger partial charge on any atom is -0.296 e. The summed E-state index contributed by atoms with van der Waals surface area (Å²) in [6, 6.07) is 8.40. The average molecular weight is 437 g/mol. The normalized spacial score (nSPS) is 36.4. The molecule has 3 atom stereocenters. The molecule has 1 aromatic carbocycles. The first-order valence-corrected chi connectivity index (χ1v) is 12.3. The van der Waals surface area contributed by atoms with Crippen molar-refractivity contribution in [3.63, 3.8) is 0 Å². The largest absolute Gasteiger partial charge is 0.296 e. The molecule has 0 aromatic heterocycles. The molecule has 0 heterocycles. The van der Waals surface area contributed by atoms with Gasteiger partial charge in [-0.25, -0.2) is 16.6 Å². The van der Waals surface area contributed by atoms with Crippen molar-refractivity contribution in [2.75, 3.05) is 0 Å². The van der Waals surface area contributed by atoms with E-state index in [0.717, 1.165) is 24.8 Å². The summed E-state index contributed by atoms with van der Waals surface area (Å²) >= 11 is 0. The Morgan fingerprint density at radius 1 is 0.844 bits per heavy atom. The Morgan fingerprint density at radius 2 is 1.47 bits per heavy atom. The Bertz CT molecular complexity index is 824. The zero-order chi connectivity index (χ0) is 22.6. The van der Waals surface area contributed by atoms with Crippen molar-refractivity contribution in [2.45, 2.75) is 101 Å². The highest BCUT2D eigenvalue weighted by Crippen LogP contribution is 2.59. The number of rotatable bonds is 6. The second kappa shape index (κ2) is 9.67. The number of nitrogens with one attached hydrogen (secondary N) is 3. The van der Waals surface area contributed by atoms with Gasteiger partial charge in [0, 0.05) is 11.3 Å². The molecule has 0 radical (unpaired) electrons. The van der Waals surface area contributed by atoms with Crippen molar-refractivity contribution >= 4 is 5.78 Å². The molecule has 1 spiro atoms. The van der Waals surface area contributed by atoms with Gasteiger partial charge in [0.05, 0.1) is 5.54 Å². The van der Waals surface area contributed by atoms with Crippen LogP contribution in [0.3, 0.4) is 0 Å². The predicted molar refractivity (Wildman–Crippen MR) is 121 cm³/mol. The van der Waals surface area contributed by atoms with E-state index in [-0.39, 0.29) is 17.2 Å². The lowest BCUT2D eigenvalue weighted by Gasteiger charge is -2.45. The van der Waals surface area contributed by atoms with E-state index in [1.807, 2.05) is 30.3 Å². The van der Waals surface area contributed by atoms with Crippen molar-refractivity contribution in [1.29, 1.82) is 16.6 Å². The molecule has 0 amide bonds. The van der Waals surface area contributed by atoms with Gasteiger partial charge in [0.2, 0.25) is 0 Å². The topological polar surface area (TPSA) is 126 Å². The lowest BCUT2D eigenvalue weighted by atomic mass is 9.59. The van der Waals surface area contributed by atoms with Crippen LogP contribution in [-0.4, -0.2) is 23.4 Å². The van der Waals surface area contributed by atoms with Crippen LogP contribution in [0.2, 0.25) is 0 Å². The Labute approximate surface area is 190 Å². The number of nitrogens with zero attached hydrogens (tertiary/aromatic N) is 3. The number of ketones is 1. The van der Waals surface area contributed by atoms with Gasteiger partial charge < -0.3 is 0 Å². The first kappa shape index (κ1) is 22.9. The highest BCUT2D eigenvalue weighted by atomic mass is 16.1. The fourth-order valence-electron chi connectivity index (χ4n) is 6.93. The van der Waals surface area contributed by atoms with Gasteiger partial charge in [-0.3, -0.25) is 4.79 Å². The Balaban J connectivity index is 1.59. The van der Waals surface area contributed by atoms with Gasteiger partial charge >= 0.3 is 0 Å². The Hall–Kier alpha value is -2.31. The quantitative estimate of drug-likeness (QED) is 0.399. The molecule has 0 saturated heterocycles. The summed E-state index contributed by atoms with van der Waals surface area (Å²) in [5.74, 6) is 0.347. The third-order valence-electron chi connectivity index (χ3n) is 8.67. The molecule has 3 unspecified atom stereocenters. The first-order valence-electron chi connectivity index (χ1n) is 12.3. The molecule has 172 valence electrons. The van der Waals surface area contributed by atoms with Gasteiger partial charge in [-0.15, -0.1) is 0 Å². The van der Waals surface area contributed by atoms with Crippen LogP contribution in [0.25, 0.3) is 0 Å². The fourth-order valence-corrected chi connectivity index (χ4v) is 6.93. The molecule has 4 rings (SSSR count). The minimum absolute atomic E-state index is 0.0353. The lowest BCUT2D eigenvalue weighted by Crippen LogP contribution is -2.44. The molecule has 1 aromatic rings. The maximum Gasteiger partial charge on any atom is 0.168 e. The van der Waals surface area contributed by atoms with E-state index in [2.05, 4.69) is 15.3 Å². The second-order valence-corrected chi connectivity index (χ2v) is 10.4. The van der Waals surface area contributed by atoms with Crippen LogP contribution in [0.5, 0.6) is 0 Å². The SMILES string of the molecule is N=NC1C(=O)C2(CCC(CC3CCCCCCC3)(N=N)CC2)C(c2ccccc2)C1N=N. The predicted octanol–water partition coefficient (Wildman–Crippen LogP) is 7.23. The van der Waals surface area contributed by atoms with Crippen LogP contribution in [0.4, 0.5) is 0 Å². The smallest absolute Gasteiger partial charge is 0.168 e. The summed E-state index contributed by atoms with van der Waals surface area (Å²) in [6.07, 6.45) is 12.6. The van der Waals surface area contributed by atoms with Crippen molar-refractivity contribution < 1.29 is 4.79 Å². The van der Waals surface area contributed by atoms with E-state index in [1.165, 1.54) is 44.9 Å². The van der Waals surface area contributed by atoms with Crippen molar-refractivity contribution in [2.24, 2.45) is 26.7 Å². The van der Waals surface area contributed by atoms with Gasteiger partial charge in [0.1, 0.15) is 6.04 Å². The molecule has 0 bridgehead atoms. The number of benzene rings is 1. The molecule has 3 N–H and O–H groups in total. The molecule has 32 heavy (non-hydrogen) atoms. The van der Waals surface area contributed by atoms with Gasteiger partial charge in [-0.05, 0) is 43.6 Å². The van der Waals surface area contributed by atoms with Crippen LogP contribution in [-0.2, 0) is 4.79 Å². The third-order valence-corrected chi connectivity index (χ3v) is 8.67. The van der Waals surface area contributed by atoms with Crippen molar-refractivity contribution in [3.05, 3.63) is 35.9 Å². The van der Waals surface area contributed by atoms with E-state index in [9.17, 15) is 4.79 Å². The molecule has 3 aliphatic carbocycles. The molecule has 7 nitrogen and oxygen atoms in total. The van der Waals surface area contributed by atoms with Gasteiger partial charge in [-0.1, -0.05) is 75.3 Å². The fraction of sp³-hybridized carbons (Fsp3) is 0.720. The van der Waals surface area contributed by atoms with E-state index in [1.54, 1.807) is 0 Å². The molecule has 3 fully saturated rings. The molecular formula is C25H36N6O. The van der Waals surface area contributed by atoms with E-state index < -0.39 is 17.5 Å². The summed E-state index contributed by atoms with van der Waals surface area (Å²) in [6.45, 7) is 0. The maximum atomic E-state index is 13.6. The first-order chi connectivity index (χ1) is 15.6. The van der Waals surface area contributed by atoms with Crippen LogP contribution >= 0.6 is 0 Å². The second-order valence-electron chi connectivity index (χ2n) is 10.4. The zero-order valence-electron chi connectivity index (χ0n) is 18.9. The molecule has 3 saturated carbocycles. The molecule has 0 aliphatic heterocycles. The van der Waals surface area contributed by atoms with E-state index in [4.69, 9.17) is 16.6 Å². The van der Waals surface area contributed by atoms with Crippen LogP contribution in [0.15, 0.2) is 45.7 Å². The summed E-state index contributed by atoms with van der Waals surface area (Å²) in [4.78, 5) is 13.6. The zero-order valence-corrected chi connectivity index (χ0v) is 18.9. The number of carbonyl (C=O) groups excluding carboxylic acids is 1. The number of carbonyl (C=O) groups is 1. The van der Waals surface area contributed by atoms with Crippen LogP contribution in [0.1, 0.15) is 88.5 Å². The summed E-state index contributed by atoms with van der Waals surface area (Å²) < 4.78 is 0. The van der Waals surface area contributed by atoms with Crippen LogP contribution in [0, 0.1) is 27.9 Å². The number of hydrogen-bond donors (Lipinski definition) is 3. The maximum absolute atomic E-state index is 13.6. The van der Waals surface area contributed by atoms with Gasteiger partial charge in [0.25, 0.3) is 0 Å². The highest BCUT2D eigenvalue weighted by Gasteiger charge is 2.63. The summed E-state index contributed by atoms with van der Waals surface area (Å²) in [7, 11) is 0. The Kier molecular flexibility index (Phi) is 6.91. The summed E-state index contributed by atoms with van der Waals surface area (Å²) in [5, 5.41) is 11.7. The van der Waals surface area contributed by atoms with Crippen molar-refractivity contribution in [3.8, 4) is 0 Å². The summed E-state index contributed by atoms with van der Waals surface area (Å²) in [5.41, 5.74) is 23.5.